The third kappa shape index (κ3) is 6.13. The minimum atomic E-state index is -3.81. The van der Waals surface area contributed by atoms with E-state index in [1.54, 1.807) is 30.3 Å². The maximum Gasteiger partial charge on any atom is 0.262 e. The molecular formula is C28H33FN4O7S2. The van der Waals surface area contributed by atoms with Gasteiger partial charge in [-0.3, -0.25) is 23.6 Å². The van der Waals surface area contributed by atoms with Crippen molar-refractivity contribution in [3.8, 4) is 5.75 Å². The molecule has 5 rings (SSSR count). The van der Waals surface area contributed by atoms with Crippen LogP contribution < -0.4 is 14.6 Å². The molecule has 0 aromatic heterocycles. The number of ether oxygens (including phenoxy) is 1. The lowest BCUT2D eigenvalue weighted by Crippen LogP contribution is -2.50. The highest BCUT2D eigenvalue weighted by atomic mass is 32.2. The number of nitrogens with zero attached hydrogens (tertiary/aromatic N) is 3. The fraction of sp³-hybridized carbons (Fsp3) is 0.429. The molecule has 1 atom stereocenters. The molecule has 2 fully saturated rings. The van der Waals surface area contributed by atoms with Crippen molar-refractivity contribution < 1.29 is 36.2 Å². The molecular weight excluding hydrogens is 587 g/mol. The number of amidine groups is 1. The molecule has 11 nitrogen and oxygen atoms in total. The van der Waals surface area contributed by atoms with Crippen LogP contribution in [0.5, 0.6) is 5.75 Å². The number of benzene rings is 2. The van der Waals surface area contributed by atoms with Gasteiger partial charge in [-0.2, -0.15) is 4.31 Å². The van der Waals surface area contributed by atoms with E-state index >= 15 is 0 Å². The summed E-state index contributed by atoms with van der Waals surface area (Å²) in [5.74, 6) is -0.0373. The summed E-state index contributed by atoms with van der Waals surface area (Å²) >= 11 is -2.22. The second-order valence-corrected chi connectivity index (χ2v) is 13.4. The van der Waals surface area contributed by atoms with Gasteiger partial charge in [-0.1, -0.05) is 12.1 Å². The van der Waals surface area contributed by atoms with Gasteiger partial charge in [-0.15, -0.1) is 0 Å². The number of aliphatic imine (C=N–C) groups is 1. The van der Waals surface area contributed by atoms with Gasteiger partial charge in [0.05, 0.1) is 5.69 Å². The van der Waals surface area contributed by atoms with E-state index in [0.29, 0.717) is 48.7 Å². The standard InChI is InChI=1S/C28H33FN4O7S2/c1-19-16-23(33(41(35)36)22-6-13-39-14-7-22)17-20(2)25(19)8-15-42(37,38)32-11-9-28(10-12-32)27(34)30-26(31-28)21-4-3-5-24(18-21)40-29/h3-5,8,15-18,22H,6-7,9-14H2,1-2H3,(H,35,36)(H,30,31,34)/b15-8+. The average Bonchev–Trinajstić information content (AvgIpc) is 3.28. The number of sulfonamides is 1. The summed E-state index contributed by atoms with van der Waals surface area (Å²) in [6.45, 7) is 4.91. The number of amides is 1. The quantitative estimate of drug-likeness (QED) is 0.432. The van der Waals surface area contributed by atoms with Crippen LogP contribution in [0, 0.1) is 13.8 Å². The second-order valence-electron chi connectivity index (χ2n) is 10.7. The number of hydrogen-bond donors (Lipinski definition) is 2. The number of aryl methyl sites for hydroxylation is 2. The molecule has 1 unspecified atom stereocenters. The van der Waals surface area contributed by atoms with Crippen LogP contribution in [0.4, 0.5) is 10.2 Å². The van der Waals surface area contributed by atoms with E-state index in [0.717, 1.165) is 16.5 Å². The Labute approximate surface area is 246 Å². The minimum absolute atomic E-state index is 0.0155. The van der Waals surface area contributed by atoms with E-state index in [9.17, 15) is 26.5 Å². The molecule has 2 saturated heterocycles. The third-order valence-corrected chi connectivity index (χ3v) is 10.4. The van der Waals surface area contributed by atoms with Gasteiger partial charge in [0, 0.05) is 47.8 Å². The number of piperidine rings is 1. The lowest BCUT2D eigenvalue weighted by Gasteiger charge is -2.34. The summed E-state index contributed by atoms with van der Waals surface area (Å²) in [6, 6.07) is 9.55. The van der Waals surface area contributed by atoms with E-state index in [1.165, 1.54) is 20.7 Å². The molecule has 2 aromatic carbocycles. The Bertz CT molecular complexity index is 1530. The summed E-state index contributed by atoms with van der Waals surface area (Å²) in [4.78, 5) is 21.3. The monoisotopic (exact) mass is 620 g/mol. The molecule has 0 bridgehead atoms. The van der Waals surface area contributed by atoms with Crippen LogP contribution in [0.2, 0.25) is 0 Å². The van der Waals surface area contributed by atoms with E-state index in [2.05, 4.69) is 15.3 Å². The lowest BCUT2D eigenvalue weighted by molar-refractivity contribution is -0.124. The zero-order chi connectivity index (χ0) is 30.1. The average molecular weight is 621 g/mol. The van der Waals surface area contributed by atoms with Crippen molar-refractivity contribution in [2.75, 3.05) is 30.6 Å². The highest BCUT2D eigenvalue weighted by Gasteiger charge is 2.47. The SMILES string of the molecule is Cc1cc(N(C2CCOCC2)S(=O)O)cc(C)c1/C=C/S(=O)(=O)N1CCC2(CC1)N=C(c1cccc(OF)c1)NC2=O. The molecule has 1 amide bonds. The van der Waals surface area contributed by atoms with Crippen molar-refractivity contribution in [1.29, 1.82) is 0 Å². The fourth-order valence-electron chi connectivity index (χ4n) is 5.72. The summed E-state index contributed by atoms with van der Waals surface area (Å²) in [5, 5.41) is 3.90. The predicted molar refractivity (Wildman–Crippen MR) is 157 cm³/mol. The van der Waals surface area contributed by atoms with Gasteiger partial charge >= 0.3 is 0 Å². The first-order valence-corrected chi connectivity index (χ1v) is 16.2. The maximum atomic E-state index is 13.3. The van der Waals surface area contributed by atoms with Crippen molar-refractivity contribution in [3.05, 3.63) is 64.1 Å². The molecule has 2 N–H and O–H groups in total. The molecule has 42 heavy (non-hydrogen) atoms. The maximum absolute atomic E-state index is 13.3. The molecule has 226 valence electrons. The topological polar surface area (TPSA) is 138 Å². The van der Waals surface area contributed by atoms with Gasteiger partial charge in [0.2, 0.25) is 10.0 Å². The Morgan fingerprint density at radius 2 is 1.86 bits per heavy atom. The van der Waals surface area contributed by atoms with Crippen molar-refractivity contribution in [3.63, 3.8) is 0 Å². The number of carbonyl (C=O) groups excluding carboxylic acids is 1. The van der Waals surface area contributed by atoms with Crippen LogP contribution in [0.15, 0.2) is 46.8 Å². The fourth-order valence-corrected chi connectivity index (χ4v) is 7.65. The number of rotatable bonds is 8. The number of nitrogens with one attached hydrogen (secondary N) is 1. The van der Waals surface area contributed by atoms with Gasteiger partial charge < -0.3 is 10.1 Å². The molecule has 0 saturated carbocycles. The van der Waals surface area contributed by atoms with Crippen LogP contribution in [0.3, 0.4) is 0 Å². The predicted octanol–water partition coefficient (Wildman–Crippen LogP) is 3.40. The van der Waals surface area contributed by atoms with Gasteiger partial charge in [0.1, 0.15) is 11.4 Å². The Morgan fingerprint density at radius 3 is 2.48 bits per heavy atom. The van der Waals surface area contributed by atoms with Gasteiger partial charge in [0.15, 0.2) is 5.75 Å². The number of anilines is 1. The summed E-state index contributed by atoms with van der Waals surface area (Å²) in [5.41, 5.74) is 2.23. The smallest absolute Gasteiger partial charge is 0.262 e. The molecule has 1 spiro atoms. The van der Waals surface area contributed by atoms with Gasteiger partial charge in [-0.25, -0.2) is 12.6 Å². The molecule has 3 aliphatic heterocycles. The lowest BCUT2D eigenvalue weighted by atomic mass is 9.89. The van der Waals surface area contributed by atoms with Crippen LogP contribution in [0.25, 0.3) is 6.08 Å². The van der Waals surface area contributed by atoms with Gasteiger partial charge in [0.25, 0.3) is 17.2 Å². The highest BCUT2D eigenvalue weighted by molar-refractivity contribution is 7.92. The normalized spacial score (nSPS) is 20.5. The largest absolute Gasteiger partial charge is 0.381 e. The van der Waals surface area contributed by atoms with Crippen molar-refractivity contribution in [1.82, 2.24) is 9.62 Å². The zero-order valence-corrected chi connectivity index (χ0v) is 24.9. The summed E-state index contributed by atoms with van der Waals surface area (Å²) in [7, 11) is -3.81. The zero-order valence-electron chi connectivity index (χ0n) is 23.3. The Hall–Kier alpha value is -3.17. The summed E-state index contributed by atoms with van der Waals surface area (Å²) in [6.07, 6.45) is 3.21. The Morgan fingerprint density at radius 1 is 1.19 bits per heavy atom. The molecule has 14 heteroatoms. The van der Waals surface area contributed by atoms with Crippen molar-refractivity contribution in [2.24, 2.45) is 4.99 Å². The van der Waals surface area contributed by atoms with Crippen molar-refractivity contribution in [2.45, 2.75) is 51.1 Å². The Balaban J connectivity index is 1.29. The Kier molecular flexibility index (Phi) is 8.81. The first-order chi connectivity index (χ1) is 20.0. The van der Waals surface area contributed by atoms with Crippen LogP contribution >= 0.6 is 0 Å². The van der Waals surface area contributed by atoms with Gasteiger partial charge in [-0.05, 0) is 86.6 Å². The minimum Gasteiger partial charge on any atom is -0.381 e. The van der Waals surface area contributed by atoms with Crippen molar-refractivity contribution >= 4 is 44.8 Å². The van der Waals surface area contributed by atoms with E-state index in [1.807, 2.05) is 13.8 Å². The molecule has 0 aliphatic carbocycles. The molecule has 3 aliphatic rings. The number of hydrogen-bond acceptors (Lipinski definition) is 7. The first kappa shape index (κ1) is 30.3. The first-order valence-electron chi connectivity index (χ1n) is 13.6. The number of carbonyl (C=O) groups is 1. The summed E-state index contributed by atoms with van der Waals surface area (Å²) < 4.78 is 69.6. The molecule has 2 aromatic rings. The van der Waals surface area contributed by atoms with Crippen LogP contribution in [-0.4, -0.2) is 71.1 Å². The van der Waals surface area contributed by atoms with Crippen LogP contribution in [0.1, 0.15) is 47.9 Å². The molecule has 0 radical (unpaired) electrons. The number of halogens is 1. The van der Waals surface area contributed by atoms with E-state index < -0.39 is 26.8 Å². The molecule has 3 heterocycles. The van der Waals surface area contributed by atoms with E-state index in [-0.39, 0.29) is 43.6 Å². The highest BCUT2D eigenvalue weighted by Crippen LogP contribution is 2.33. The second kappa shape index (κ2) is 12.2. The third-order valence-electron chi connectivity index (χ3n) is 8.02. The van der Waals surface area contributed by atoms with Crippen LogP contribution in [-0.2, 0) is 30.8 Å². The van der Waals surface area contributed by atoms with E-state index in [4.69, 9.17) is 4.74 Å².